The van der Waals surface area contributed by atoms with Gasteiger partial charge in [0, 0.05) is 17.8 Å². The molecule has 30 heavy (non-hydrogen) atoms. The van der Waals surface area contributed by atoms with Crippen LogP contribution in [0, 0.1) is 15.9 Å². The second-order valence-electron chi connectivity index (χ2n) is 5.94. The smallest absolute Gasteiger partial charge is 0.331 e. The molecule has 2 aromatic carbocycles. The van der Waals surface area contributed by atoms with Crippen molar-refractivity contribution in [1.29, 1.82) is 0 Å². The van der Waals surface area contributed by atoms with E-state index in [0.717, 1.165) is 24.3 Å². The number of methoxy groups -OCH3 is 2. The molecule has 1 amide bonds. The average molecular weight is 418 g/mol. The van der Waals surface area contributed by atoms with Gasteiger partial charge in [0.1, 0.15) is 0 Å². The van der Waals surface area contributed by atoms with E-state index in [0.29, 0.717) is 17.1 Å². The molecule has 0 aliphatic heterocycles. The minimum Gasteiger partial charge on any atom is -0.493 e. The zero-order valence-corrected chi connectivity index (χ0v) is 16.4. The first-order valence-corrected chi connectivity index (χ1v) is 8.60. The standard InChI is InChI=1S/C20H19FN2O7/c1-12(20(25)22-14-6-7-15(21)16(11-14)23(26)27)30-19(24)9-5-13-4-8-17(28-2)18(10-13)29-3/h4-12H,1-3H3,(H,22,25)/b9-5+. The predicted octanol–water partition coefficient (Wildman–Crippen LogP) is 3.33. The van der Waals surface area contributed by atoms with Gasteiger partial charge in [0.25, 0.3) is 5.91 Å². The van der Waals surface area contributed by atoms with E-state index in [1.807, 2.05) is 0 Å². The Kier molecular flexibility index (Phi) is 7.45. The van der Waals surface area contributed by atoms with Crippen LogP contribution in [0.4, 0.5) is 15.8 Å². The van der Waals surface area contributed by atoms with Crippen molar-refractivity contribution in [1.82, 2.24) is 0 Å². The lowest BCUT2D eigenvalue weighted by molar-refractivity contribution is -0.387. The Morgan fingerprint density at radius 3 is 2.47 bits per heavy atom. The number of hydrogen-bond acceptors (Lipinski definition) is 7. The van der Waals surface area contributed by atoms with Gasteiger partial charge < -0.3 is 19.5 Å². The number of anilines is 1. The lowest BCUT2D eigenvalue weighted by Crippen LogP contribution is -2.29. The Morgan fingerprint density at radius 2 is 1.83 bits per heavy atom. The number of amides is 1. The van der Waals surface area contributed by atoms with Gasteiger partial charge in [-0.1, -0.05) is 6.07 Å². The van der Waals surface area contributed by atoms with Gasteiger partial charge in [0.15, 0.2) is 17.6 Å². The number of nitro groups is 1. The molecule has 9 nitrogen and oxygen atoms in total. The number of rotatable bonds is 8. The van der Waals surface area contributed by atoms with Crippen molar-refractivity contribution in [2.45, 2.75) is 13.0 Å². The Hall–Kier alpha value is -3.95. The Balaban J connectivity index is 1.98. The normalized spacial score (nSPS) is 11.6. The molecule has 10 heteroatoms. The van der Waals surface area contributed by atoms with E-state index in [2.05, 4.69) is 5.32 Å². The highest BCUT2D eigenvalue weighted by Gasteiger charge is 2.19. The molecule has 1 N–H and O–H groups in total. The zero-order chi connectivity index (χ0) is 22.3. The molecule has 0 aliphatic carbocycles. The largest absolute Gasteiger partial charge is 0.493 e. The van der Waals surface area contributed by atoms with E-state index in [1.54, 1.807) is 18.2 Å². The summed E-state index contributed by atoms with van der Waals surface area (Å²) in [5, 5.41) is 13.1. The molecule has 0 fully saturated rings. The van der Waals surface area contributed by atoms with Gasteiger partial charge >= 0.3 is 11.7 Å². The van der Waals surface area contributed by atoms with E-state index < -0.39 is 34.4 Å². The number of nitrogens with one attached hydrogen (secondary N) is 1. The predicted molar refractivity (Wildman–Crippen MR) is 106 cm³/mol. The van der Waals surface area contributed by atoms with Gasteiger partial charge in [-0.05, 0) is 42.8 Å². The van der Waals surface area contributed by atoms with Crippen molar-refractivity contribution in [3.8, 4) is 11.5 Å². The van der Waals surface area contributed by atoms with E-state index in [-0.39, 0.29) is 5.69 Å². The molecule has 1 unspecified atom stereocenters. The fraction of sp³-hybridized carbons (Fsp3) is 0.200. The molecule has 0 spiro atoms. The molecule has 158 valence electrons. The van der Waals surface area contributed by atoms with E-state index in [9.17, 15) is 24.1 Å². The van der Waals surface area contributed by atoms with Gasteiger partial charge in [-0.15, -0.1) is 0 Å². The SMILES string of the molecule is COc1ccc(/C=C/C(=O)OC(C)C(=O)Nc2ccc(F)c([N+](=O)[O-])c2)cc1OC. The summed E-state index contributed by atoms with van der Waals surface area (Å²) in [4.78, 5) is 34.0. The topological polar surface area (TPSA) is 117 Å². The third-order valence-electron chi connectivity index (χ3n) is 3.89. The summed E-state index contributed by atoms with van der Waals surface area (Å²) in [6, 6.07) is 7.91. The van der Waals surface area contributed by atoms with Crippen LogP contribution in [0.25, 0.3) is 6.08 Å². The summed E-state index contributed by atoms with van der Waals surface area (Å²) in [5.74, 6) is -1.53. The molecule has 0 bridgehead atoms. The number of nitrogens with zero attached hydrogens (tertiary/aromatic N) is 1. The summed E-state index contributed by atoms with van der Waals surface area (Å²) in [5.41, 5.74) is -0.146. The minimum absolute atomic E-state index is 0.00290. The summed E-state index contributed by atoms with van der Waals surface area (Å²) >= 11 is 0. The van der Waals surface area contributed by atoms with Gasteiger partial charge in [0.05, 0.1) is 19.1 Å². The molecule has 0 aliphatic rings. The van der Waals surface area contributed by atoms with Gasteiger partial charge in [0.2, 0.25) is 5.82 Å². The van der Waals surface area contributed by atoms with Gasteiger partial charge in [-0.3, -0.25) is 14.9 Å². The van der Waals surface area contributed by atoms with E-state index in [4.69, 9.17) is 14.2 Å². The fourth-order valence-corrected chi connectivity index (χ4v) is 2.36. The van der Waals surface area contributed by atoms with E-state index in [1.165, 1.54) is 27.2 Å². The Bertz CT molecular complexity index is 991. The first-order valence-electron chi connectivity index (χ1n) is 8.60. The van der Waals surface area contributed by atoms with Crippen molar-refractivity contribution in [3.05, 3.63) is 64.0 Å². The molecule has 0 aromatic heterocycles. The number of carbonyl (C=O) groups is 2. The van der Waals surface area contributed by atoms with Crippen molar-refractivity contribution >= 4 is 29.3 Å². The molecular weight excluding hydrogens is 399 g/mol. The Morgan fingerprint density at radius 1 is 1.13 bits per heavy atom. The number of esters is 1. The number of nitro benzene ring substituents is 1. The lowest BCUT2D eigenvalue weighted by atomic mass is 10.2. The highest BCUT2D eigenvalue weighted by molar-refractivity contribution is 5.96. The fourth-order valence-electron chi connectivity index (χ4n) is 2.36. The highest BCUT2D eigenvalue weighted by atomic mass is 19.1. The third-order valence-corrected chi connectivity index (χ3v) is 3.89. The van der Waals surface area contributed by atoms with Crippen LogP contribution in [0.2, 0.25) is 0 Å². The number of benzene rings is 2. The molecule has 2 aromatic rings. The third kappa shape index (κ3) is 5.77. The Labute approximate surface area is 171 Å². The minimum atomic E-state index is -1.20. The zero-order valence-electron chi connectivity index (χ0n) is 16.4. The number of carbonyl (C=O) groups excluding carboxylic acids is 2. The van der Waals surface area contributed by atoms with Crippen LogP contribution in [0.5, 0.6) is 11.5 Å². The van der Waals surface area contributed by atoms with Crippen LogP contribution >= 0.6 is 0 Å². The van der Waals surface area contributed by atoms with Crippen molar-refractivity contribution in [2.24, 2.45) is 0 Å². The van der Waals surface area contributed by atoms with Crippen LogP contribution in [0.1, 0.15) is 12.5 Å². The first kappa shape index (κ1) is 22.3. The molecular formula is C20H19FN2O7. The molecule has 2 rings (SSSR count). The molecule has 0 radical (unpaired) electrons. The highest BCUT2D eigenvalue weighted by Crippen LogP contribution is 2.28. The van der Waals surface area contributed by atoms with Crippen LogP contribution in [-0.4, -0.2) is 37.1 Å². The summed E-state index contributed by atoms with van der Waals surface area (Å²) < 4.78 is 28.7. The monoisotopic (exact) mass is 418 g/mol. The van der Waals surface area contributed by atoms with Crippen molar-refractivity contribution in [2.75, 3.05) is 19.5 Å². The number of hydrogen-bond donors (Lipinski definition) is 1. The molecule has 0 saturated carbocycles. The van der Waals surface area contributed by atoms with Crippen LogP contribution in [0.15, 0.2) is 42.5 Å². The van der Waals surface area contributed by atoms with Crippen molar-refractivity contribution < 1.29 is 33.1 Å². The summed E-state index contributed by atoms with van der Waals surface area (Å²) in [6.07, 6.45) is 1.41. The maximum atomic E-state index is 13.4. The molecule has 0 saturated heterocycles. The van der Waals surface area contributed by atoms with Crippen LogP contribution in [-0.2, 0) is 14.3 Å². The summed E-state index contributed by atoms with van der Waals surface area (Å²) in [7, 11) is 2.98. The maximum absolute atomic E-state index is 13.4. The van der Waals surface area contributed by atoms with Crippen molar-refractivity contribution in [3.63, 3.8) is 0 Å². The summed E-state index contributed by atoms with van der Waals surface area (Å²) in [6.45, 7) is 1.33. The van der Waals surface area contributed by atoms with Crippen LogP contribution < -0.4 is 14.8 Å². The van der Waals surface area contributed by atoms with Gasteiger partial charge in [-0.2, -0.15) is 4.39 Å². The molecule has 0 heterocycles. The maximum Gasteiger partial charge on any atom is 0.331 e. The second-order valence-corrected chi connectivity index (χ2v) is 5.94. The number of ether oxygens (including phenoxy) is 3. The van der Waals surface area contributed by atoms with Gasteiger partial charge in [-0.25, -0.2) is 4.79 Å². The number of halogens is 1. The molecule has 1 atom stereocenters. The lowest BCUT2D eigenvalue weighted by Gasteiger charge is -2.12. The average Bonchev–Trinajstić information content (AvgIpc) is 2.72. The quantitative estimate of drug-likeness (QED) is 0.302. The second kappa shape index (κ2) is 10.0. The van der Waals surface area contributed by atoms with Crippen LogP contribution in [0.3, 0.4) is 0 Å². The first-order chi connectivity index (χ1) is 14.2. The van der Waals surface area contributed by atoms with E-state index >= 15 is 0 Å².